The second-order valence-electron chi connectivity index (χ2n) is 3.70. The Morgan fingerprint density at radius 3 is 2.47 bits per heavy atom. The zero-order valence-electron chi connectivity index (χ0n) is 8.80. The summed E-state index contributed by atoms with van der Waals surface area (Å²) in [5.41, 5.74) is 0.983. The molecule has 6 heteroatoms. The number of rotatable bonds is 2. The van der Waals surface area contributed by atoms with Crippen LogP contribution in [0.4, 0.5) is 0 Å². The number of hydrogen-bond acceptors (Lipinski definition) is 3. The Kier molecular flexibility index (Phi) is 4.28. The highest BCUT2D eigenvalue weighted by atomic mass is 35.5. The lowest BCUT2D eigenvalue weighted by molar-refractivity contribution is 0.0277. The molecule has 1 aliphatic rings. The fraction of sp³-hybridized carbons (Fsp3) is 0.364. The van der Waals surface area contributed by atoms with E-state index in [-0.39, 0.29) is 21.7 Å². The highest BCUT2D eigenvalue weighted by molar-refractivity contribution is 6.69. The molecular weight excluding hydrogens is 284 g/mol. The van der Waals surface area contributed by atoms with Crippen LogP contribution in [0.2, 0.25) is 10.0 Å². The Morgan fingerprint density at radius 2 is 2.00 bits per heavy atom. The van der Waals surface area contributed by atoms with Crippen LogP contribution in [0.25, 0.3) is 0 Å². The molecule has 0 bridgehead atoms. The van der Waals surface area contributed by atoms with E-state index >= 15 is 0 Å². The van der Waals surface area contributed by atoms with Gasteiger partial charge in [-0.2, -0.15) is 0 Å². The Balaban J connectivity index is 2.34. The number of benzene rings is 1. The smallest absolute Gasteiger partial charge is 0.255 e. The molecule has 0 amide bonds. The van der Waals surface area contributed by atoms with Crippen LogP contribution in [0.5, 0.6) is 0 Å². The molecule has 0 spiro atoms. The van der Waals surface area contributed by atoms with Gasteiger partial charge in [-0.25, -0.2) is 0 Å². The molecule has 92 valence electrons. The monoisotopic (exact) mass is 293 g/mol. The number of hydrogen-bond donors (Lipinski definition) is 1. The summed E-state index contributed by atoms with van der Waals surface area (Å²) >= 11 is 17.4. The van der Waals surface area contributed by atoms with Gasteiger partial charge in [-0.1, -0.05) is 23.2 Å². The largest absolute Gasteiger partial charge is 0.371 e. The molecule has 1 aliphatic heterocycles. The summed E-state index contributed by atoms with van der Waals surface area (Å²) in [5, 5.41) is 3.05. The van der Waals surface area contributed by atoms with Crippen molar-refractivity contribution in [2.45, 2.75) is 6.10 Å². The van der Waals surface area contributed by atoms with E-state index in [9.17, 15) is 4.79 Å². The minimum Gasteiger partial charge on any atom is -0.371 e. The summed E-state index contributed by atoms with van der Waals surface area (Å²) in [4.78, 5) is 11.1. The molecule has 1 unspecified atom stereocenters. The molecule has 17 heavy (non-hydrogen) atoms. The van der Waals surface area contributed by atoms with Crippen molar-refractivity contribution in [1.29, 1.82) is 0 Å². The first kappa shape index (κ1) is 13.1. The first-order valence-corrected chi connectivity index (χ1v) is 6.24. The van der Waals surface area contributed by atoms with E-state index in [1.807, 2.05) is 0 Å². The van der Waals surface area contributed by atoms with Crippen LogP contribution < -0.4 is 5.32 Å². The van der Waals surface area contributed by atoms with Crippen molar-refractivity contribution in [3.63, 3.8) is 0 Å². The minimum atomic E-state index is -0.658. The molecule has 1 fully saturated rings. The van der Waals surface area contributed by atoms with Crippen LogP contribution in [0.1, 0.15) is 22.0 Å². The summed E-state index contributed by atoms with van der Waals surface area (Å²) < 4.78 is 5.58. The number of carbonyl (C=O) groups excluding carboxylic acids is 1. The van der Waals surface area contributed by atoms with E-state index < -0.39 is 5.24 Å². The SMILES string of the molecule is O=C(Cl)c1c(Cl)cc(C2CNCCO2)cc1Cl. The summed E-state index contributed by atoms with van der Waals surface area (Å²) in [6.45, 7) is 2.16. The number of carbonyl (C=O) groups is 1. The normalized spacial score (nSPS) is 20.3. The van der Waals surface area contributed by atoms with Gasteiger partial charge in [0.05, 0.1) is 28.3 Å². The van der Waals surface area contributed by atoms with Gasteiger partial charge < -0.3 is 10.1 Å². The van der Waals surface area contributed by atoms with Gasteiger partial charge in [-0.15, -0.1) is 0 Å². The fourth-order valence-electron chi connectivity index (χ4n) is 1.75. The van der Waals surface area contributed by atoms with E-state index in [2.05, 4.69) is 5.32 Å². The summed E-state index contributed by atoms with van der Waals surface area (Å²) in [5.74, 6) is 0. The number of halogens is 3. The van der Waals surface area contributed by atoms with Crippen LogP contribution in [0.15, 0.2) is 12.1 Å². The third-order valence-corrected chi connectivity index (χ3v) is 3.35. The molecule has 0 aromatic heterocycles. The van der Waals surface area contributed by atoms with Crippen molar-refractivity contribution in [1.82, 2.24) is 5.32 Å². The van der Waals surface area contributed by atoms with Gasteiger partial charge >= 0.3 is 0 Å². The Morgan fingerprint density at radius 1 is 1.35 bits per heavy atom. The predicted octanol–water partition coefficient (Wildman–Crippen LogP) is 3.03. The van der Waals surface area contributed by atoms with Crippen molar-refractivity contribution in [2.75, 3.05) is 19.7 Å². The molecule has 1 aromatic rings. The lowest BCUT2D eigenvalue weighted by Gasteiger charge is -2.24. The van der Waals surface area contributed by atoms with Gasteiger partial charge in [0.15, 0.2) is 0 Å². The molecule has 1 N–H and O–H groups in total. The third kappa shape index (κ3) is 2.92. The zero-order chi connectivity index (χ0) is 12.4. The van der Waals surface area contributed by atoms with Crippen molar-refractivity contribution in [3.8, 4) is 0 Å². The van der Waals surface area contributed by atoms with E-state index in [4.69, 9.17) is 39.5 Å². The molecule has 1 atom stereocenters. The molecular formula is C11H10Cl3NO2. The average Bonchev–Trinajstić information content (AvgIpc) is 2.28. The molecule has 0 aliphatic carbocycles. The van der Waals surface area contributed by atoms with Crippen LogP contribution in [-0.2, 0) is 4.74 Å². The topological polar surface area (TPSA) is 38.3 Å². The van der Waals surface area contributed by atoms with Crippen molar-refractivity contribution >= 4 is 40.0 Å². The summed E-state index contributed by atoms with van der Waals surface area (Å²) in [7, 11) is 0. The summed E-state index contributed by atoms with van der Waals surface area (Å²) in [6, 6.07) is 3.33. The number of nitrogens with one attached hydrogen (secondary N) is 1. The second kappa shape index (κ2) is 5.55. The Bertz CT molecular complexity index is 421. The first-order valence-electron chi connectivity index (χ1n) is 5.10. The molecule has 1 heterocycles. The minimum absolute atomic E-state index is 0.0989. The van der Waals surface area contributed by atoms with Crippen LogP contribution in [0, 0.1) is 0 Å². The van der Waals surface area contributed by atoms with E-state index in [0.717, 1.165) is 12.1 Å². The van der Waals surface area contributed by atoms with Gasteiger partial charge in [0.1, 0.15) is 0 Å². The second-order valence-corrected chi connectivity index (χ2v) is 4.85. The van der Waals surface area contributed by atoms with E-state index in [1.165, 1.54) is 0 Å². The van der Waals surface area contributed by atoms with Gasteiger partial charge in [-0.3, -0.25) is 4.79 Å². The highest BCUT2D eigenvalue weighted by Gasteiger charge is 2.20. The van der Waals surface area contributed by atoms with Crippen molar-refractivity contribution in [2.24, 2.45) is 0 Å². The van der Waals surface area contributed by atoms with Crippen LogP contribution in [0.3, 0.4) is 0 Å². The van der Waals surface area contributed by atoms with Gasteiger partial charge in [0.25, 0.3) is 5.24 Å². The maximum atomic E-state index is 11.1. The van der Waals surface area contributed by atoms with E-state index in [1.54, 1.807) is 12.1 Å². The lowest BCUT2D eigenvalue weighted by atomic mass is 10.1. The number of ether oxygens (including phenoxy) is 1. The quantitative estimate of drug-likeness (QED) is 0.852. The summed E-state index contributed by atoms with van der Waals surface area (Å²) in [6.07, 6.45) is -0.0989. The zero-order valence-corrected chi connectivity index (χ0v) is 11.1. The van der Waals surface area contributed by atoms with Crippen LogP contribution >= 0.6 is 34.8 Å². The highest BCUT2D eigenvalue weighted by Crippen LogP contribution is 2.31. The third-order valence-electron chi connectivity index (χ3n) is 2.56. The first-order chi connectivity index (χ1) is 8.09. The number of morpholine rings is 1. The molecule has 3 nitrogen and oxygen atoms in total. The standard InChI is InChI=1S/C11H10Cl3NO2/c12-7-3-6(9-5-15-1-2-17-9)4-8(13)10(7)11(14)16/h3-4,9,15H,1-2,5H2. The maximum absolute atomic E-state index is 11.1. The average molecular weight is 295 g/mol. The molecule has 0 radical (unpaired) electrons. The lowest BCUT2D eigenvalue weighted by Crippen LogP contribution is -2.33. The Hall–Kier alpha value is -0.320. The van der Waals surface area contributed by atoms with Crippen LogP contribution in [-0.4, -0.2) is 24.9 Å². The van der Waals surface area contributed by atoms with E-state index in [0.29, 0.717) is 13.2 Å². The maximum Gasteiger partial charge on any atom is 0.255 e. The Labute approximate surface area is 114 Å². The molecule has 2 rings (SSSR count). The molecule has 1 aromatic carbocycles. The van der Waals surface area contributed by atoms with Crippen molar-refractivity contribution in [3.05, 3.63) is 33.3 Å². The van der Waals surface area contributed by atoms with Gasteiger partial charge in [0, 0.05) is 13.1 Å². The fourth-order valence-corrected chi connectivity index (χ4v) is 2.72. The molecule has 1 saturated heterocycles. The van der Waals surface area contributed by atoms with Crippen molar-refractivity contribution < 1.29 is 9.53 Å². The molecule has 0 saturated carbocycles. The predicted molar refractivity (Wildman–Crippen MR) is 68.2 cm³/mol. The van der Waals surface area contributed by atoms with Gasteiger partial charge in [-0.05, 0) is 29.3 Å². The van der Waals surface area contributed by atoms with Gasteiger partial charge in [0.2, 0.25) is 0 Å².